The molecule has 20 heavy (non-hydrogen) atoms. The van der Waals surface area contributed by atoms with Gasteiger partial charge in [-0.1, -0.05) is 31.5 Å². The summed E-state index contributed by atoms with van der Waals surface area (Å²) in [7, 11) is 0. The van der Waals surface area contributed by atoms with Crippen LogP contribution >= 0.6 is 0 Å². The lowest BCUT2D eigenvalue weighted by atomic mass is 9.99. The normalized spacial score (nSPS) is 21.0. The van der Waals surface area contributed by atoms with Crippen molar-refractivity contribution in [2.24, 2.45) is 5.73 Å². The van der Waals surface area contributed by atoms with E-state index in [1.807, 2.05) is 0 Å². The second kappa shape index (κ2) is 7.09. The van der Waals surface area contributed by atoms with Crippen LogP contribution in [0.3, 0.4) is 0 Å². The first-order chi connectivity index (χ1) is 9.63. The second-order valence-corrected chi connectivity index (χ2v) is 5.85. The van der Waals surface area contributed by atoms with Gasteiger partial charge in [-0.15, -0.1) is 0 Å². The van der Waals surface area contributed by atoms with Crippen LogP contribution in [0, 0.1) is 6.92 Å². The Morgan fingerprint density at radius 2 is 2.20 bits per heavy atom. The summed E-state index contributed by atoms with van der Waals surface area (Å²) >= 11 is 0. The van der Waals surface area contributed by atoms with Crippen LogP contribution in [0.1, 0.15) is 37.8 Å². The summed E-state index contributed by atoms with van der Waals surface area (Å²) in [5, 5.41) is 0. The van der Waals surface area contributed by atoms with Crippen molar-refractivity contribution in [1.29, 1.82) is 0 Å². The Morgan fingerprint density at radius 1 is 1.40 bits per heavy atom. The molecule has 112 valence electrons. The van der Waals surface area contributed by atoms with Crippen molar-refractivity contribution in [1.82, 2.24) is 0 Å². The van der Waals surface area contributed by atoms with Gasteiger partial charge in [0.2, 0.25) is 0 Å². The van der Waals surface area contributed by atoms with Crippen molar-refractivity contribution in [2.45, 2.75) is 52.2 Å². The van der Waals surface area contributed by atoms with Gasteiger partial charge in [-0.3, -0.25) is 0 Å². The van der Waals surface area contributed by atoms with E-state index in [1.165, 1.54) is 16.8 Å². The highest BCUT2D eigenvalue weighted by molar-refractivity contribution is 5.55. The minimum atomic E-state index is 0.249. The van der Waals surface area contributed by atoms with Crippen molar-refractivity contribution in [3.63, 3.8) is 0 Å². The highest BCUT2D eigenvalue weighted by Gasteiger charge is 2.21. The molecular weight excluding hydrogens is 248 g/mol. The molecule has 0 radical (unpaired) electrons. The predicted octanol–water partition coefficient (Wildman–Crippen LogP) is 2.89. The first-order valence-corrected chi connectivity index (χ1v) is 7.85. The number of aryl methyl sites for hydroxylation is 1. The summed E-state index contributed by atoms with van der Waals surface area (Å²) in [5.41, 5.74) is 10.2. The van der Waals surface area contributed by atoms with E-state index in [4.69, 9.17) is 10.5 Å². The molecule has 1 aromatic carbocycles. The number of benzene rings is 1. The van der Waals surface area contributed by atoms with E-state index in [-0.39, 0.29) is 6.04 Å². The van der Waals surface area contributed by atoms with Gasteiger partial charge in [-0.2, -0.15) is 0 Å². The van der Waals surface area contributed by atoms with E-state index < -0.39 is 0 Å². The highest BCUT2D eigenvalue weighted by atomic mass is 16.5. The van der Waals surface area contributed by atoms with E-state index in [1.54, 1.807) is 0 Å². The molecule has 2 N–H and O–H groups in total. The van der Waals surface area contributed by atoms with Crippen LogP contribution in [0.25, 0.3) is 0 Å². The molecule has 1 heterocycles. The van der Waals surface area contributed by atoms with E-state index >= 15 is 0 Å². The van der Waals surface area contributed by atoms with E-state index in [0.717, 1.165) is 39.0 Å². The van der Waals surface area contributed by atoms with Crippen LogP contribution in [0.5, 0.6) is 0 Å². The molecule has 0 aromatic heterocycles. The zero-order valence-corrected chi connectivity index (χ0v) is 13.1. The topological polar surface area (TPSA) is 38.5 Å². The minimum Gasteiger partial charge on any atom is -0.375 e. The lowest BCUT2D eigenvalue weighted by molar-refractivity contribution is 0.0384. The predicted molar refractivity (Wildman–Crippen MR) is 85.4 cm³/mol. The Hall–Kier alpha value is -1.06. The maximum absolute atomic E-state index is 6.16. The fourth-order valence-electron chi connectivity index (χ4n) is 2.80. The van der Waals surface area contributed by atoms with Crippen LogP contribution in [0.15, 0.2) is 18.2 Å². The zero-order chi connectivity index (χ0) is 14.5. The van der Waals surface area contributed by atoms with Crippen LogP contribution in [0.4, 0.5) is 5.69 Å². The molecule has 0 spiro atoms. The lowest BCUT2D eigenvalue weighted by Gasteiger charge is -2.35. The van der Waals surface area contributed by atoms with Gasteiger partial charge in [-0.25, -0.2) is 0 Å². The molecule has 1 aliphatic rings. The number of rotatable bonds is 5. The lowest BCUT2D eigenvalue weighted by Crippen LogP contribution is -2.42. The maximum Gasteiger partial charge on any atom is 0.0748 e. The number of ether oxygens (including phenoxy) is 1. The quantitative estimate of drug-likeness (QED) is 0.898. The third kappa shape index (κ3) is 3.74. The molecule has 2 rings (SSSR count). The SMILES string of the molecule is CCC(N)Cc1cc(C)ccc1N1CCOC(CC)C1. The Kier molecular flexibility index (Phi) is 5.44. The van der Waals surface area contributed by atoms with E-state index in [9.17, 15) is 0 Å². The Labute approximate surface area is 123 Å². The minimum absolute atomic E-state index is 0.249. The van der Waals surface area contributed by atoms with Gasteiger partial charge in [0.1, 0.15) is 0 Å². The highest BCUT2D eigenvalue weighted by Crippen LogP contribution is 2.26. The fourth-order valence-corrected chi connectivity index (χ4v) is 2.80. The van der Waals surface area contributed by atoms with Crippen molar-refractivity contribution >= 4 is 5.69 Å². The Morgan fingerprint density at radius 3 is 2.90 bits per heavy atom. The molecule has 0 amide bonds. The third-order valence-corrected chi connectivity index (χ3v) is 4.18. The number of anilines is 1. The van der Waals surface area contributed by atoms with Gasteiger partial charge in [0, 0.05) is 24.8 Å². The second-order valence-electron chi connectivity index (χ2n) is 5.85. The largest absolute Gasteiger partial charge is 0.375 e. The van der Waals surface area contributed by atoms with E-state index in [2.05, 4.69) is 43.9 Å². The van der Waals surface area contributed by atoms with Gasteiger partial charge < -0.3 is 15.4 Å². The average Bonchev–Trinajstić information content (AvgIpc) is 2.47. The zero-order valence-electron chi connectivity index (χ0n) is 13.1. The summed E-state index contributed by atoms with van der Waals surface area (Å²) in [4.78, 5) is 2.47. The molecule has 1 saturated heterocycles. The smallest absolute Gasteiger partial charge is 0.0748 e. The molecule has 1 fully saturated rings. The van der Waals surface area contributed by atoms with E-state index in [0.29, 0.717) is 6.10 Å². The number of hydrogen-bond donors (Lipinski definition) is 1. The number of nitrogens with zero attached hydrogens (tertiary/aromatic N) is 1. The molecule has 1 aliphatic heterocycles. The molecule has 3 nitrogen and oxygen atoms in total. The number of hydrogen-bond acceptors (Lipinski definition) is 3. The van der Waals surface area contributed by atoms with Crippen LogP contribution in [-0.4, -0.2) is 31.8 Å². The maximum atomic E-state index is 6.16. The summed E-state index contributed by atoms with van der Waals surface area (Å²) < 4.78 is 5.78. The molecule has 0 aliphatic carbocycles. The molecule has 2 unspecified atom stereocenters. The number of morpholine rings is 1. The average molecular weight is 276 g/mol. The molecule has 0 bridgehead atoms. The number of nitrogens with two attached hydrogens (primary N) is 1. The van der Waals surface area contributed by atoms with Crippen LogP contribution in [-0.2, 0) is 11.2 Å². The Bertz CT molecular complexity index is 433. The van der Waals surface area contributed by atoms with Crippen molar-refractivity contribution in [3.05, 3.63) is 29.3 Å². The standard InChI is InChI=1S/C17H28N2O/c1-4-15(18)11-14-10-13(3)6-7-17(14)19-8-9-20-16(5-2)12-19/h6-7,10,15-16H,4-5,8-9,11-12,18H2,1-3H3. The van der Waals surface area contributed by atoms with Crippen LogP contribution in [0.2, 0.25) is 0 Å². The summed E-state index contributed by atoms with van der Waals surface area (Å²) in [6.07, 6.45) is 3.42. The molecule has 2 atom stereocenters. The van der Waals surface area contributed by atoms with Gasteiger partial charge in [0.05, 0.1) is 12.7 Å². The van der Waals surface area contributed by atoms with Gasteiger partial charge in [0.25, 0.3) is 0 Å². The molecule has 1 aromatic rings. The van der Waals surface area contributed by atoms with Crippen molar-refractivity contribution < 1.29 is 4.74 Å². The third-order valence-electron chi connectivity index (χ3n) is 4.18. The molecule has 3 heteroatoms. The van der Waals surface area contributed by atoms with Gasteiger partial charge in [0.15, 0.2) is 0 Å². The van der Waals surface area contributed by atoms with Gasteiger partial charge >= 0.3 is 0 Å². The Balaban J connectivity index is 2.21. The monoisotopic (exact) mass is 276 g/mol. The first-order valence-electron chi connectivity index (χ1n) is 7.85. The van der Waals surface area contributed by atoms with Crippen molar-refractivity contribution in [2.75, 3.05) is 24.6 Å². The summed E-state index contributed by atoms with van der Waals surface area (Å²) in [6, 6.07) is 7.00. The molecule has 0 saturated carbocycles. The molecular formula is C17H28N2O. The first kappa shape index (κ1) is 15.3. The summed E-state index contributed by atoms with van der Waals surface area (Å²) in [5.74, 6) is 0. The van der Waals surface area contributed by atoms with Crippen LogP contribution < -0.4 is 10.6 Å². The van der Waals surface area contributed by atoms with Gasteiger partial charge in [-0.05, 0) is 37.8 Å². The fraction of sp³-hybridized carbons (Fsp3) is 0.647. The van der Waals surface area contributed by atoms with Crippen molar-refractivity contribution in [3.8, 4) is 0 Å². The summed E-state index contributed by atoms with van der Waals surface area (Å²) in [6.45, 7) is 9.30.